The minimum Gasteiger partial charge on any atom is -0.477 e. The molecule has 4 aromatic rings. The number of imidazole rings is 1. The van der Waals surface area contributed by atoms with Crippen molar-refractivity contribution in [3.05, 3.63) is 41.7 Å². The van der Waals surface area contributed by atoms with Crippen LogP contribution in [0, 0.1) is 12.8 Å². The number of nitrogens with zero attached hydrogens (tertiary/aromatic N) is 7. The van der Waals surface area contributed by atoms with Crippen molar-refractivity contribution in [3.8, 4) is 17.1 Å². The summed E-state index contributed by atoms with van der Waals surface area (Å²) in [4.78, 5) is 27.4. The highest BCUT2D eigenvalue weighted by Gasteiger charge is 2.21. The molecule has 0 radical (unpaired) electrons. The summed E-state index contributed by atoms with van der Waals surface area (Å²) in [6.07, 6.45) is 6.55. The summed E-state index contributed by atoms with van der Waals surface area (Å²) >= 11 is 0. The summed E-state index contributed by atoms with van der Waals surface area (Å²) in [5, 5.41) is 7.33. The molecule has 5 rings (SSSR count). The number of aromatic nitrogens is 6. The lowest BCUT2D eigenvalue weighted by molar-refractivity contribution is 0.102. The van der Waals surface area contributed by atoms with Crippen LogP contribution in [0.15, 0.2) is 34.8 Å². The van der Waals surface area contributed by atoms with E-state index in [0.717, 1.165) is 18.4 Å². The number of ether oxygens (including phenoxy) is 1. The molecular weight excluding hydrogens is 492 g/mol. The smallest absolute Gasteiger partial charge is 0.258 e. The average Bonchev–Trinajstić information content (AvgIpc) is 3.34. The molecule has 12 heteroatoms. The molecule has 1 aliphatic rings. The Balaban J connectivity index is 1.62. The molecule has 37 heavy (non-hydrogen) atoms. The number of rotatable bonds is 1. The number of nitrogens with one attached hydrogen (secondary N) is 1. The maximum absolute atomic E-state index is 13.4. The molecule has 0 saturated heterocycles. The van der Waals surface area contributed by atoms with Gasteiger partial charge in [0.2, 0.25) is 11.8 Å². The molecule has 5 heterocycles. The van der Waals surface area contributed by atoms with Gasteiger partial charge in [-0.25, -0.2) is 18.9 Å². The first-order chi connectivity index (χ1) is 17.6. The lowest BCUT2D eigenvalue weighted by atomic mass is 10.1. The van der Waals surface area contributed by atoms with E-state index in [1.54, 1.807) is 47.7 Å². The molecule has 1 aliphatic heterocycles. The Bertz CT molecular complexity index is 1620. The number of anilines is 1. The average molecular weight is 523 g/mol. The lowest BCUT2D eigenvalue weighted by Crippen LogP contribution is -2.18. The van der Waals surface area contributed by atoms with Gasteiger partial charge in [-0.05, 0) is 49.9 Å². The first kappa shape index (κ1) is 24.9. The molecule has 1 atom stereocenters. The predicted molar refractivity (Wildman–Crippen MR) is 143 cm³/mol. The van der Waals surface area contributed by atoms with E-state index in [4.69, 9.17) is 4.74 Å². The second-order valence-electron chi connectivity index (χ2n) is 9.75. The minimum absolute atomic E-state index is 0.238. The second kappa shape index (κ2) is 9.58. The maximum atomic E-state index is 13.4. The summed E-state index contributed by atoms with van der Waals surface area (Å²) in [7, 11) is -0.555. The number of fused-ring (bicyclic) bond motifs is 7. The van der Waals surface area contributed by atoms with Crippen LogP contribution in [0.1, 0.15) is 35.8 Å². The summed E-state index contributed by atoms with van der Waals surface area (Å²) in [6, 6.07) is 6.94. The van der Waals surface area contributed by atoms with Crippen molar-refractivity contribution in [1.29, 1.82) is 0 Å². The van der Waals surface area contributed by atoms with Gasteiger partial charge in [-0.2, -0.15) is 9.46 Å². The van der Waals surface area contributed by atoms with E-state index >= 15 is 0 Å². The molecule has 0 aliphatic carbocycles. The van der Waals surface area contributed by atoms with Gasteiger partial charge in [0.25, 0.3) is 5.91 Å². The quantitative estimate of drug-likeness (QED) is 0.401. The first-order valence-electron chi connectivity index (χ1n) is 12.1. The number of aryl methyl sites for hydroxylation is 2. The summed E-state index contributed by atoms with van der Waals surface area (Å²) < 4.78 is 26.2. The molecule has 1 amide bonds. The van der Waals surface area contributed by atoms with Crippen molar-refractivity contribution in [1.82, 2.24) is 29.3 Å². The van der Waals surface area contributed by atoms with Crippen LogP contribution in [-0.4, -0.2) is 58.5 Å². The van der Waals surface area contributed by atoms with E-state index in [0.29, 0.717) is 58.9 Å². The van der Waals surface area contributed by atoms with E-state index in [9.17, 15) is 9.00 Å². The third-order valence-corrected chi connectivity index (χ3v) is 6.69. The van der Waals surface area contributed by atoms with E-state index in [2.05, 4.69) is 36.7 Å². The van der Waals surface area contributed by atoms with Crippen LogP contribution in [0.3, 0.4) is 0 Å². The Morgan fingerprint density at radius 2 is 2.00 bits per heavy atom. The molecule has 0 saturated carbocycles. The highest BCUT2D eigenvalue weighted by Crippen LogP contribution is 2.30. The van der Waals surface area contributed by atoms with E-state index in [1.165, 1.54) is 0 Å². The fraction of sp³-hybridized carbons (Fsp3) is 0.400. The zero-order chi connectivity index (χ0) is 26.3. The molecule has 11 nitrogen and oxygen atoms in total. The topological polar surface area (TPSA) is 129 Å². The van der Waals surface area contributed by atoms with E-state index in [1.807, 2.05) is 18.5 Å². The molecule has 0 fully saturated rings. The number of amides is 1. The number of pyridine rings is 2. The Labute approximate surface area is 215 Å². The summed E-state index contributed by atoms with van der Waals surface area (Å²) in [5.41, 5.74) is 3.69. The van der Waals surface area contributed by atoms with Crippen LogP contribution in [-0.2, 0) is 23.3 Å². The molecule has 0 spiro atoms. The standard InChI is InChI=1S/C25H30N8O3S/c1-15-7-6-10-36-24-18(13-26-32(24)3)20-12-17(11-16(2)27-20)23(34)30-25-28-19-8-9-21(31-37(4,5)35)29-22(19)33(25)14-15/h8-9,11-13,15H,6-7,10,14H2,1-5H3,(H,28,30,34)/t15-/m1/s1. The SMILES string of the molecule is Cc1cc2cc(n1)-c1cnn(C)c1OCCC[C@@H](C)Cn1c(nc3ccc(N=S(C)(C)=O)nc31)NC2=O. The minimum atomic E-state index is -2.38. The number of hydrogen-bond acceptors (Lipinski definition) is 8. The molecule has 2 bridgehead atoms. The molecule has 4 aromatic heterocycles. The van der Waals surface area contributed by atoms with Gasteiger partial charge in [0.05, 0.1) is 24.1 Å². The van der Waals surface area contributed by atoms with Crippen molar-refractivity contribution >= 4 is 38.6 Å². The third-order valence-electron chi connectivity index (χ3n) is 6.07. The monoisotopic (exact) mass is 522 g/mol. The van der Waals surface area contributed by atoms with Gasteiger partial charge in [-0.15, -0.1) is 0 Å². The van der Waals surface area contributed by atoms with Crippen molar-refractivity contribution < 1.29 is 13.7 Å². The van der Waals surface area contributed by atoms with Crippen LogP contribution in [0.4, 0.5) is 11.8 Å². The van der Waals surface area contributed by atoms with Crippen molar-refractivity contribution in [3.63, 3.8) is 0 Å². The normalized spacial score (nSPS) is 16.7. The molecule has 0 unspecified atom stereocenters. The van der Waals surface area contributed by atoms with Crippen molar-refractivity contribution in [2.24, 2.45) is 17.3 Å². The fourth-order valence-corrected chi connectivity index (χ4v) is 4.98. The summed E-state index contributed by atoms with van der Waals surface area (Å²) in [5.74, 6) is 1.31. The largest absolute Gasteiger partial charge is 0.477 e. The Kier molecular flexibility index (Phi) is 6.44. The van der Waals surface area contributed by atoms with Gasteiger partial charge in [-0.3, -0.25) is 19.7 Å². The summed E-state index contributed by atoms with van der Waals surface area (Å²) in [6.45, 7) is 5.08. The second-order valence-corrected chi connectivity index (χ2v) is 12.3. The van der Waals surface area contributed by atoms with Crippen LogP contribution < -0.4 is 10.1 Å². The first-order valence-corrected chi connectivity index (χ1v) is 14.4. The van der Waals surface area contributed by atoms with Crippen LogP contribution >= 0.6 is 0 Å². The Morgan fingerprint density at radius 3 is 2.78 bits per heavy atom. The van der Waals surface area contributed by atoms with Crippen LogP contribution in [0.2, 0.25) is 0 Å². The highest BCUT2D eigenvalue weighted by molar-refractivity contribution is 7.92. The molecule has 0 aromatic carbocycles. The number of carbonyl (C=O) groups excluding carboxylic acids is 1. The Hall–Kier alpha value is -3.80. The molecule has 194 valence electrons. The lowest BCUT2D eigenvalue weighted by Gasteiger charge is -2.15. The molecule has 1 N–H and O–H groups in total. The molecular formula is C25H30N8O3S. The van der Waals surface area contributed by atoms with E-state index < -0.39 is 9.73 Å². The third kappa shape index (κ3) is 5.33. The highest BCUT2D eigenvalue weighted by atomic mass is 32.2. The Morgan fingerprint density at radius 1 is 1.19 bits per heavy atom. The van der Waals surface area contributed by atoms with Crippen molar-refractivity contribution in [2.75, 3.05) is 24.4 Å². The number of hydrogen-bond donors (Lipinski definition) is 1. The van der Waals surface area contributed by atoms with Gasteiger partial charge < -0.3 is 4.74 Å². The van der Waals surface area contributed by atoms with Gasteiger partial charge in [0, 0.05) is 47.1 Å². The van der Waals surface area contributed by atoms with Crippen LogP contribution in [0.25, 0.3) is 22.4 Å². The van der Waals surface area contributed by atoms with Gasteiger partial charge in [0.15, 0.2) is 11.5 Å². The van der Waals surface area contributed by atoms with E-state index in [-0.39, 0.29) is 11.8 Å². The zero-order valence-corrected chi connectivity index (χ0v) is 22.4. The van der Waals surface area contributed by atoms with Gasteiger partial charge >= 0.3 is 0 Å². The van der Waals surface area contributed by atoms with Gasteiger partial charge in [0.1, 0.15) is 5.52 Å². The zero-order valence-electron chi connectivity index (χ0n) is 21.6. The predicted octanol–water partition coefficient (Wildman–Crippen LogP) is 3.96. The fourth-order valence-electron chi connectivity index (χ4n) is 4.42. The maximum Gasteiger partial charge on any atom is 0.258 e. The van der Waals surface area contributed by atoms with Crippen LogP contribution in [0.5, 0.6) is 5.88 Å². The number of carbonyl (C=O) groups is 1. The van der Waals surface area contributed by atoms with Crippen molar-refractivity contribution in [2.45, 2.75) is 33.2 Å². The van der Waals surface area contributed by atoms with Gasteiger partial charge in [-0.1, -0.05) is 6.92 Å².